The van der Waals surface area contributed by atoms with Gasteiger partial charge in [-0.3, -0.25) is 9.05 Å². The number of hydrogen-bond acceptors (Lipinski definition) is 3. The number of rotatable bonds is 3. The highest BCUT2D eigenvalue weighted by Crippen LogP contribution is 2.00. The molecule has 1 heterocycles. The maximum atomic E-state index is 11.0. The normalized spacial score (nSPS) is 22.1. The molecule has 12 heavy (non-hydrogen) atoms. The first kappa shape index (κ1) is 9.89. The second-order valence-electron chi connectivity index (χ2n) is 2.64. The van der Waals surface area contributed by atoms with Crippen LogP contribution in [0.2, 0.25) is 0 Å². The molecule has 1 saturated heterocycles. The van der Waals surface area contributed by atoms with E-state index in [1.165, 1.54) is 0 Å². The maximum absolute atomic E-state index is 11.0. The third-order valence-electron chi connectivity index (χ3n) is 1.73. The molecular formula is C8H15NO2S. The molecule has 0 N–H and O–H groups in total. The van der Waals surface area contributed by atoms with E-state index in [4.69, 9.17) is 4.84 Å². The maximum Gasteiger partial charge on any atom is 0.0866 e. The molecule has 0 bridgehead atoms. The fraction of sp³-hybridized carbons (Fsp3) is 0.750. The van der Waals surface area contributed by atoms with Gasteiger partial charge < -0.3 is 0 Å². The lowest BCUT2D eigenvalue weighted by molar-refractivity contribution is -0.141. The Labute approximate surface area is 75.8 Å². The predicted molar refractivity (Wildman–Crippen MR) is 50.2 cm³/mol. The van der Waals surface area contributed by atoms with E-state index in [-0.39, 0.29) is 0 Å². The number of hydroxylamine groups is 2. The summed E-state index contributed by atoms with van der Waals surface area (Å²) in [6.45, 7) is 4.19. The molecular weight excluding hydrogens is 174 g/mol. The Morgan fingerprint density at radius 3 is 2.75 bits per heavy atom. The SMILES string of the molecule is C/C=C/CON1CCS(=O)CC1. The van der Waals surface area contributed by atoms with Crippen LogP contribution in [-0.2, 0) is 15.6 Å². The Morgan fingerprint density at radius 2 is 2.17 bits per heavy atom. The quantitative estimate of drug-likeness (QED) is 0.607. The summed E-state index contributed by atoms with van der Waals surface area (Å²) in [6, 6.07) is 0. The number of nitrogens with zero attached hydrogens (tertiary/aromatic N) is 1. The van der Waals surface area contributed by atoms with Crippen molar-refractivity contribution in [3.8, 4) is 0 Å². The summed E-state index contributed by atoms with van der Waals surface area (Å²) in [5.41, 5.74) is 0. The highest BCUT2D eigenvalue weighted by Gasteiger charge is 2.14. The average molecular weight is 189 g/mol. The van der Waals surface area contributed by atoms with Gasteiger partial charge in [-0.25, -0.2) is 0 Å². The van der Waals surface area contributed by atoms with Gasteiger partial charge in [0.05, 0.1) is 6.61 Å². The van der Waals surface area contributed by atoms with Gasteiger partial charge in [-0.2, -0.15) is 5.06 Å². The molecule has 1 aliphatic heterocycles. The van der Waals surface area contributed by atoms with Gasteiger partial charge in [0, 0.05) is 35.4 Å². The van der Waals surface area contributed by atoms with Gasteiger partial charge in [0.15, 0.2) is 0 Å². The van der Waals surface area contributed by atoms with Crippen LogP contribution in [-0.4, -0.2) is 40.5 Å². The molecule has 0 aliphatic carbocycles. The topological polar surface area (TPSA) is 29.5 Å². The highest BCUT2D eigenvalue weighted by molar-refractivity contribution is 7.85. The molecule has 0 spiro atoms. The Balaban J connectivity index is 2.13. The Hall–Kier alpha value is -0.190. The van der Waals surface area contributed by atoms with Crippen LogP contribution in [0, 0.1) is 0 Å². The smallest absolute Gasteiger partial charge is 0.0866 e. The van der Waals surface area contributed by atoms with Crippen molar-refractivity contribution >= 4 is 10.8 Å². The summed E-state index contributed by atoms with van der Waals surface area (Å²) in [5, 5.41) is 1.89. The Bertz CT molecular complexity index is 172. The van der Waals surface area contributed by atoms with Crippen LogP contribution >= 0.6 is 0 Å². The zero-order valence-corrected chi connectivity index (χ0v) is 8.18. The summed E-state index contributed by atoms with van der Waals surface area (Å²) in [5.74, 6) is 1.49. The summed E-state index contributed by atoms with van der Waals surface area (Å²) in [4.78, 5) is 5.38. The molecule has 0 amide bonds. The van der Waals surface area contributed by atoms with Gasteiger partial charge in [-0.15, -0.1) is 0 Å². The number of hydrogen-bond donors (Lipinski definition) is 0. The fourth-order valence-corrected chi connectivity index (χ4v) is 2.01. The van der Waals surface area contributed by atoms with E-state index in [2.05, 4.69) is 0 Å². The molecule has 1 aliphatic rings. The summed E-state index contributed by atoms with van der Waals surface area (Å²) in [6.07, 6.45) is 3.92. The third-order valence-corrected chi connectivity index (χ3v) is 3.00. The number of allylic oxidation sites excluding steroid dienone is 1. The first-order valence-corrected chi connectivity index (χ1v) is 5.65. The van der Waals surface area contributed by atoms with Crippen molar-refractivity contribution in [3.05, 3.63) is 12.2 Å². The van der Waals surface area contributed by atoms with Gasteiger partial charge in [0.25, 0.3) is 0 Å². The molecule has 0 atom stereocenters. The van der Waals surface area contributed by atoms with Gasteiger partial charge in [0.1, 0.15) is 0 Å². The minimum Gasteiger partial charge on any atom is -0.295 e. The largest absolute Gasteiger partial charge is 0.295 e. The Morgan fingerprint density at radius 1 is 1.50 bits per heavy atom. The molecule has 70 valence electrons. The van der Waals surface area contributed by atoms with Crippen LogP contribution in [0.5, 0.6) is 0 Å². The van der Waals surface area contributed by atoms with Crippen LogP contribution < -0.4 is 0 Å². The van der Waals surface area contributed by atoms with Gasteiger partial charge >= 0.3 is 0 Å². The van der Waals surface area contributed by atoms with Gasteiger partial charge in [-0.1, -0.05) is 12.2 Å². The van der Waals surface area contributed by atoms with Crippen molar-refractivity contribution in [2.45, 2.75) is 6.92 Å². The molecule has 0 radical (unpaired) electrons. The van der Waals surface area contributed by atoms with Crippen molar-refractivity contribution < 1.29 is 9.05 Å². The molecule has 1 rings (SSSR count). The lowest BCUT2D eigenvalue weighted by Crippen LogP contribution is -2.37. The van der Waals surface area contributed by atoms with E-state index in [9.17, 15) is 4.21 Å². The van der Waals surface area contributed by atoms with Crippen molar-refractivity contribution in [2.24, 2.45) is 0 Å². The summed E-state index contributed by atoms with van der Waals surface area (Å²) in [7, 11) is -0.608. The minimum absolute atomic E-state index is 0.608. The zero-order valence-electron chi connectivity index (χ0n) is 7.36. The third kappa shape index (κ3) is 3.47. The van der Waals surface area contributed by atoms with E-state index >= 15 is 0 Å². The van der Waals surface area contributed by atoms with Crippen molar-refractivity contribution in [1.82, 2.24) is 5.06 Å². The molecule has 0 saturated carbocycles. The second kappa shape index (κ2) is 5.45. The van der Waals surface area contributed by atoms with E-state index in [0.29, 0.717) is 6.61 Å². The average Bonchev–Trinajstić information content (AvgIpc) is 2.09. The second-order valence-corrected chi connectivity index (χ2v) is 4.34. The highest BCUT2D eigenvalue weighted by atomic mass is 32.2. The van der Waals surface area contributed by atoms with Gasteiger partial charge in [0.2, 0.25) is 0 Å². The van der Waals surface area contributed by atoms with Crippen LogP contribution in [0.4, 0.5) is 0 Å². The first-order valence-electron chi connectivity index (χ1n) is 4.17. The fourth-order valence-electron chi connectivity index (χ4n) is 0.995. The minimum atomic E-state index is -0.608. The molecule has 0 unspecified atom stereocenters. The van der Waals surface area contributed by atoms with E-state index in [1.807, 2.05) is 24.1 Å². The van der Waals surface area contributed by atoms with Crippen LogP contribution in [0.25, 0.3) is 0 Å². The molecule has 0 aromatic carbocycles. The Kier molecular flexibility index (Phi) is 4.50. The molecule has 0 aromatic heterocycles. The molecule has 4 heteroatoms. The monoisotopic (exact) mass is 189 g/mol. The van der Waals surface area contributed by atoms with Crippen LogP contribution in [0.1, 0.15) is 6.92 Å². The zero-order chi connectivity index (χ0) is 8.81. The molecule has 1 fully saturated rings. The molecule has 0 aromatic rings. The summed E-state index contributed by atoms with van der Waals surface area (Å²) >= 11 is 0. The lowest BCUT2D eigenvalue weighted by atomic mass is 10.5. The van der Waals surface area contributed by atoms with Crippen molar-refractivity contribution in [1.29, 1.82) is 0 Å². The van der Waals surface area contributed by atoms with Crippen LogP contribution in [0.15, 0.2) is 12.2 Å². The van der Waals surface area contributed by atoms with E-state index in [1.54, 1.807) is 0 Å². The van der Waals surface area contributed by atoms with Crippen molar-refractivity contribution in [3.63, 3.8) is 0 Å². The van der Waals surface area contributed by atoms with E-state index < -0.39 is 10.8 Å². The van der Waals surface area contributed by atoms with Crippen molar-refractivity contribution in [2.75, 3.05) is 31.2 Å². The van der Waals surface area contributed by atoms with Crippen LogP contribution in [0.3, 0.4) is 0 Å². The standard InChI is InChI=1S/C8H15NO2S/c1-2-3-6-11-9-4-7-12(10)8-5-9/h2-3H,4-8H2,1H3/b3-2+. The lowest BCUT2D eigenvalue weighted by Gasteiger charge is -2.24. The predicted octanol–water partition coefficient (Wildman–Crippen LogP) is 0.558. The molecule has 3 nitrogen and oxygen atoms in total. The van der Waals surface area contributed by atoms with Gasteiger partial charge in [-0.05, 0) is 6.92 Å². The van der Waals surface area contributed by atoms with E-state index in [0.717, 1.165) is 24.6 Å². The first-order chi connectivity index (χ1) is 5.83. The summed E-state index contributed by atoms with van der Waals surface area (Å²) < 4.78 is 11.0.